The third kappa shape index (κ3) is 17.0. The number of aliphatic hydroxyl groups excluding tert-OH is 1. The van der Waals surface area contributed by atoms with Crippen LogP contribution in [-0.2, 0) is 9.59 Å². The van der Waals surface area contributed by atoms with Gasteiger partial charge in [0.1, 0.15) is 0 Å². The molecule has 0 aliphatic carbocycles. The lowest BCUT2D eigenvalue weighted by molar-refractivity contribution is -0.135. The van der Waals surface area contributed by atoms with Crippen LogP contribution in [0.5, 0.6) is 0 Å². The normalized spacial score (nSPS) is 11.9. The molecular weight excluding hydrogens is 350 g/mol. The third-order valence-corrected chi connectivity index (χ3v) is 3.51. The van der Waals surface area contributed by atoms with Crippen LogP contribution in [0.2, 0.25) is 0 Å². The summed E-state index contributed by atoms with van der Waals surface area (Å²) in [6.45, 7) is 3.39. The van der Waals surface area contributed by atoms with Crippen LogP contribution in [0, 0.1) is 0 Å². The summed E-state index contributed by atoms with van der Waals surface area (Å²) in [5, 5.41) is 17.7. The molecule has 0 saturated carbocycles. The summed E-state index contributed by atoms with van der Waals surface area (Å²) in [5.41, 5.74) is 15.8. The first-order valence-corrected chi connectivity index (χ1v) is 9.36. The topological polar surface area (TPSA) is 181 Å². The van der Waals surface area contributed by atoms with E-state index in [0.29, 0.717) is 26.1 Å². The number of hydrogen-bond acceptors (Lipinski definition) is 6. The summed E-state index contributed by atoms with van der Waals surface area (Å²) < 4.78 is 0. The molecule has 10 heteroatoms. The first-order valence-electron chi connectivity index (χ1n) is 9.36. The highest BCUT2D eigenvalue weighted by atomic mass is 16.3. The predicted octanol–water partition coefficient (Wildman–Crippen LogP) is -1.74. The summed E-state index contributed by atoms with van der Waals surface area (Å²) in [6.07, 6.45) is 6.33. The van der Waals surface area contributed by atoms with Crippen LogP contribution in [0.1, 0.15) is 38.5 Å². The van der Waals surface area contributed by atoms with Crippen molar-refractivity contribution in [1.29, 1.82) is 0 Å². The lowest BCUT2D eigenvalue weighted by Gasteiger charge is -2.12. The van der Waals surface area contributed by atoms with Crippen LogP contribution in [0.4, 0.5) is 0 Å². The monoisotopic (exact) mass is 385 g/mol. The van der Waals surface area contributed by atoms with Gasteiger partial charge in [-0.05, 0) is 64.2 Å². The fourth-order valence-electron chi connectivity index (χ4n) is 2.06. The molecule has 0 spiro atoms. The first kappa shape index (κ1) is 24.8. The minimum Gasteiger partial charge on any atom is -0.370 e. The number of carbonyl (C=O) groups is 2. The predicted molar refractivity (Wildman–Crippen MR) is 107 cm³/mol. The van der Waals surface area contributed by atoms with E-state index >= 15 is 0 Å². The number of unbranched alkanes of at least 4 members (excludes halogenated alkanes) is 3. The van der Waals surface area contributed by atoms with Crippen molar-refractivity contribution in [2.45, 2.75) is 44.8 Å². The van der Waals surface area contributed by atoms with E-state index in [1.165, 1.54) is 6.08 Å². The van der Waals surface area contributed by atoms with Crippen molar-refractivity contribution in [1.82, 2.24) is 16.0 Å². The third-order valence-electron chi connectivity index (χ3n) is 3.51. The van der Waals surface area contributed by atoms with Crippen molar-refractivity contribution < 1.29 is 14.7 Å². The molecule has 0 saturated heterocycles. The van der Waals surface area contributed by atoms with Gasteiger partial charge in [-0.1, -0.05) is 6.08 Å². The van der Waals surface area contributed by atoms with Gasteiger partial charge in [-0.2, -0.15) is 0 Å². The van der Waals surface area contributed by atoms with Gasteiger partial charge in [-0.15, -0.1) is 0 Å². The van der Waals surface area contributed by atoms with E-state index in [2.05, 4.69) is 20.9 Å². The highest BCUT2D eigenvalue weighted by Crippen LogP contribution is 1.97. The number of aliphatic hydroxyl groups is 1. The molecule has 2 amide bonds. The maximum atomic E-state index is 11.7. The standard InChI is InChI=1S/C17H35N7O3/c18-9-7-11-21-10-5-6-12-22-15(26)16(27)24-14(25)8-3-1-2-4-13-23-17(19)20/h3,8,16,21,27H,1-2,4-7,9-13,18H2,(H,22,26)(H,24,25)(H4,19,20,23)/b8-3+. The van der Waals surface area contributed by atoms with Crippen molar-refractivity contribution in [2.75, 3.05) is 32.7 Å². The summed E-state index contributed by atoms with van der Waals surface area (Å²) in [6, 6.07) is 0. The Kier molecular flexibility index (Phi) is 15.9. The molecule has 0 aliphatic rings. The van der Waals surface area contributed by atoms with Gasteiger partial charge < -0.3 is 38.3 Å². The zero-order valence-electron chi connectivity index (χ0n) is 16.0. The van der Waals surface area contributed by atoms with Crippen LogP contribution in [0.25, 0.3) is 0 Å². The van der Waals surface area contributed by atoms with E-state index in [0.717, 1.165) is 45.2 Å². The molecule has 0 aromatic carbocycles. The van der Waals surface area contributed by atoms with Crippen molar-refractivity contribution in [2.24, 2.45) is 22.2 Å². The Hall–Kier alpha value is -2.17. The maximum Gasteiger partial charge on any atom is 0.269 e. The number of amides is 2. The smallest absolute Gasteiger partial charge is 0.269 e. The maximum absolute atomic E-state index is 11.7. The Balaban J connectivity index is 3.71. The van der Waals surface area contributed by atoms with E-state index in [-0.39, 0.29) is 5.96 Å². The number of rotatable bonds is 16. The van der Waals surface area contributed by atoms with Crippen LogP contribution in [0.3, 0.4) is 0 Å². The van der Waals surface area contributed by atoms with Crippen LogP contribution in [0.15, 0.2) is 17.1 Å². The molecule has 156 valence electrons. The molecule has 1 atom stereocenters. The lowest BCUT2D eigenvalue weighted by Crippen LogP contribution is -2.46. The molecule has 1 unspecified atom stereocenters. The first-order chi connectivity index (χ1) is 13.0. The van der Waals surface area contributed by atoms with Gasteiger partial charge in [0, 0.05) is 13.1 Å². The number of nitrogens with one attached hydrogen (secondary N) is 3. The number of allylic oxidation sites excluding steroid dienone is 1. The van der Waals surface area contributed by atoms with Crippen LogP contribution in [-0.4, -0.2) is 61.8 Å². The zero-order chi connectivity index (χ0) is 20.3. The van der Waals surface area contributed by atoms with E-state index in [1.54, 1.807) is 6.08 Å². The number of nitrogens with two attached hydrogens (primary N) is 3. The highest BCUT2D eigenvalue weighted by Gasteiger charge is 2.15. The lowest BCUT2D eigenvalue weighted by atomic mass is 10.2. The molecule has 0 bridgehead atoms. The second-order valence-corrected chi connectivity index (χ2v) is 6.01. The number of carbonyl (C=O) groups excluding carboxylic acids is 2. The molecule has 0 aromatic heterocycles. The minimum absolute atomic E-state index is 0.0661. The van der Waals surface area contributed by atoms with Gasteiger partial charge in [0.15, 0.2) is 5.96 Å². The minimum atomic E-state index is -1.56. The molecule has 0 radical (unpaired) electrons. The molecule has 10 nitrogen and oxygen atoms in total. The molecule has 0 aliphatic heterocycles. The van der Waals surface area contributed by atoms with Gasteiger partial charge in [0.2, 0.25) is 12.1 Å². The molecule has 27 heavy (non-hydrogen) atoms. The Morgan fingerprint density at radius 2 is 1.74 bits per heavy atom. The van der Waals surface area contributed by atoms with E-state index < -0.39 is 18.0 Å². The second-order valence-electron chi connectivity index (χ2n) is 6.01. The Bertz CT molecular complexity index is 465. The molecule has 10 N–H and O–H groups in total. The van der Waals surface area contributed by atoms with Gasteiger partial charge in [-0.25, -0.2) is 0 Å². The summed E-state index contributed by atoms with van der Waals surface area (Å²) >= 11 is 0. The molecule has 0 rings (SSSR count). The molecular formula is C17H35N7O3. The largest absolute Gasteiger partial charge is 0.370 e. The van der Waals surface area contributed by atoms with Gasteiger partial charge >= 0.3 is 0 Å². The molecule has 0 heterocycles. The molecule has 0 fully saturated rings. The van der Waals surface area contributed by atoms with Crippen LogP contribution >= 0.6 is 0 Å². The van der Waals surface area contributed by atoms with Gasteiger partial charge in [0.25, 0.3) is 5.91 Å². The number of guanidine groups is 1. The Labute approximate surface area is 161 Å². The fraction of sp³-hybridized carbons (Fsp3) is 0.706. The van der Waals surface area contributed by atoms with Crippen molar-refractivity contribution in [3.63, 3.8) is 0 Å². The average Bonchev–Trinajstić information content (AvgIpc) is 2.62. The summed E-state index contributed by atoms with van der Waals surface area (Å²) in [5.74, 6) is -1.08. The van der Waals surface area contributed by atoms with Gasteiger partial charge in [-0.3, -0.25) is 14.6 Å². The highest BCUT2D eigenvalue weighted by molar-refractivity contribution is 5.92. The number of nitrogens with zero attached hydrogens (tertiary/aromatic N) is 1. The fourth-order valence-corrected chi connectivity index (χ4v) is 2.06. The number of aliphatic imine (C=N–C) groups is 1. The summed E-state index contributed by atoms with van der Waals surface area (Å²) in [4.78, 5) is 27.2. The Morgan fingerprint density at radius 1 is 1.04 bits per heavy atom. The quantitative estimate of drug-likeness (QED) is 0.0541. The van der Waals surface area contributed by atoms with E-state index in [4.69, 9.17) is 17.2 Å². The van der Waals surface area contributed by atoms with Crippen molar-refractivity contribution in [3.05, 3.63) is 12.2 Å². The summed E-state index contributed by atoms with van der Waals surface area (Å²) in [7, 11) is 0. The Morgan fingerprint density at radius 3 is 2.44 bits per heavy atom. The van der Waals surface area contributed by atoms with Crippen molar-refractivity contribution in [3.8, 4) is 0 Å². The SMILES string of the molecule is NCCCNCCCCNC(=O)C(O)NC(=O)/C=C/CCCCN=C(N)N. The second kappa shape index (κ2) is 17.3. The van der Waals surface area contributed by atoms with E-state index in [1.807, 2.05) is 0 Å². The van der Waals surface area contributed by atoms with Crippen molar-refractivity contribution >= 4 is 17.8 Å². The molecule has 0 aromatic rings. The average molecular weight is 386 g/mol. The van der Waals surface area contributed by atoms with E-state index in [9.17, 15) is 14.7 Å². The zero-order valence-corrected chi connectivity index (χ0v) is 16.0. The number of hydrogen-bond donors (Lipinski definition) is 7. The van der Waals surface area contributed by atoms with Crippen LogP contribution < -0.4 is 33.2 Å². The van der Waals surface area contributed by atoms with Gasteiger partial charge in [0.05, 0.1) is 0 Å².